The molecule has 3 aromatic rings. The third-order valence-electron chi connectivity index (χ3n) is 5.44. The lowest BCUT2D eigenvalue weighted by atomic mass is 10.1. The number of amidine groups is 2. The molecule has 1 aromatic heterocycles. The van der Waals surface area contributed by atoms with Crippen molar-refractivity contribution in [1.29, 1.82) is 5.41 Å². The summed E-state index contributed by atoms with van der Waals surface area (Å²) >= 11 is 1.24. The highest BCUT2D eigenvalue weighted by Crippen LogP contribution is 2.31. The number of aliphatic imine (C=N–C) groups is 1. The van der Waals surface area contributed by atoms with Crippen LogP contribution in [0.1, 0.15) is 17.5 Å². The monoisotopic (exact) mass is 513 g/mol. The second-order valence-electron chi connectivity index (χ2n) is 7.94. The number of ether oxygens (including phenoxy) is 3. The molecule has 10 heteroatoms. The number of para-hydroxylation sites is 2. The quantitative estimate of drug-likeness (QED) is 0.329. The normalized spacial score (nSPS) is 15.8. The largest absolute Gasteiger partial charge is 0.493 e. The van der Waals surface area contributed by atoms with Crippen molar-refractivity contribution in [3.05, 3.63) is 89.8 Å². The number of nitrogens with zero attached hydrogens (tertiary/aromatic N) is 4. The van der Waals surface area contributed by atoms with Gasteiger partial charge in [0.15, 0.2) is 17.3 Å². The molecule has 0 spiro atoms. The van der Waals surface area contributed by atoms with Gasteiger partial charge in [0.05, 0.1) is 25.9 Å². The van der Waals surface area contributed by atoms with Crippen molar-refractivity contribution in [2.24, 2.45) is 10.1 Å². The summed E-state index contributed by atoms with van der Waals surface area (Å²) in [4.78, 5) is 20.9. The highest BCUT2D eigenvalue weighted by Gasteiger charge is 2.36. The molecule has 0 fully saturated rings. The number of hydrazone groups is 1. The fourth-order valence-corrected chi connectivity index (χ4v) is 4.48. The molecule has 1 amide bonds. The maximum absolute atomic E-state index is 12.7. The van der Waals surface area contributed by atoms with Crippen LogP contribution in [0.3, 0.4) is 0 Å². The van der Waals surface area contributed by atoms with Crippen molar-refractivity contribution in [2.75, 3.05) is 20.3 Å². The van der Waals surface area contributed by atoms with Gasteiger partial charge in [-0.15, -0.1) is 0 Å². The summed E-state index contributed by atoms with van der Waals surface area (Å²) in [6.45, 7) is 0.983. The minimum atomic E-state index is -0.471. The van der Waals surface area contributed by atoms with Crippen LogP contribution in [0.25, 0.3) is 6.08 Å². The highest BCUT2D eigenvalue weighted by molar-refractivity contribution is 8.27. The van der Waals surface area contributed by atoms with Crippen LogP contribution in [0.4, 0.5) is 0 Å². The fourth-order valence-electron chi connectivity index (χ4n) is 3.59. The molecule has 5 rings (SSSR count). The van der Waals surface area contributed by atoms with Crippen molar-refractivity contribution in [3.63, 3.8) is 0 Å². The number of carbonyl (C=O) groups excluding carboxylic acids is 1. The third-order valence-corrected chi connectivity index (χ3v) is 6.40. The van der Waals surface area contributed by atoms with Gasteiger partial charge in [-0.25, -0.2) is 0 Å². The maximum Gasteiger partial charge on any atom is 0.283 e. The van der Waals surface area contributed by atoms with Crippen molar-refractivity contribution in [1.82, 2.24) is 9.99 Å². The molecule has 0 saturated heterocycles. The van der Waals surface area contributed by atoms with Gasteiger partial charge in [-0.1, -0.05) is 24.3 Å². The fraction of sp³-hybridized carbons (Fsp3) is 0.148. The Kier molecular flexibility index (Phi) is 7.27. The topological polar surface area (TPSA) is 109 Å². The molecule has 0 bridgehead atoms. The Bertz CT molecular complexity index is 1400. The van der Waals surface area contributed by atoms with Gasteiger partial charge >= 0.3 is 0 Å². The van der Waals surface area contributed by atoms with Crippen LogP contribution in [0.15, 0.2) is 88.7 Å². The summed E-state index contributed by atoms with van der Waals surface area (Å²) in [6, 6.07) is 18.5. The van der Waals surface area contributed by atoms with Gasteiger partial charge < -0.3 is 14.2 Å². The van der Waals surface area contributed by atoms with Crippen molar-refractivity contribution in [2.45, 2.75) is 6.42 Å². The Morgan fingerprint density at radius 1 is 1.00 bits per heavy atom. The average molecular weight is 514 g/mol. The van der Waals surface area contributed by atoms with E-state index in [9.17, 15) is 4.79 Å². The van der Waals surface area contributed by atoms with Gasteiger partial charge in [0.25, 0.3) is 5.91 Å². The van der Waals surface area contributed by atoms with E-state index < -0.39 is 5.91 Å². The van der Waals surface area contributed by atoms with E-state index in [2.05, 4.69) is 15.1 Å². The van der Waals surface area contributed by atoms with Crippen LogP contribution in [0, 0.1) is 5.41 Å². The van der Waals surface area contributed by atoms with E-state index in [1.165, 1.54) is 16.8 Å². The minimum absolute atomic E-state index is 0.0169. The number of amides is 1. The Morgan fingerprint density at radius 2 is 1.78 bits per heavy atom. The van der Waals surface area contributed by atoms with E-state index >= 15 is 0 Å². The molecule has 1 N–H and O–H groups in total. The molecule has 9 nitrogen and oxygen atoms in total. The zero-order chi connectivity index (χ0) is 25.6. The first-order valence-corrected chi connectivity index (χ1v) is 12.3. The van der Waals surface area contributed by atoms with Gasteiger partial charge in [-0.05, 0) is 59.8 Å². The Hall–Kier alpha value is -4.44. The minimum Gasteiger partial charge on any atom is -0.493 e. The Labute approximate surface area is 218 Å². The second kappa shape index (κ2) is 11.1. The summed E-state index contributed by atoms with van der Waals surface area (Å²) in [6.07, 6.45) is 5.70. The van der Waals surface area contributed by atoms with Crippen LogP contribution in [0.5, 0.6) is 17.2 Å². The van der Waals surface area contributed by atoms with Crippen LogP contribution < -0.4 is 14.2 Å². The molecule has 3 heterocycles. The maximum atomic E-state index is 12.7. The van der Waals surface area contributed by atoms with Crippen LogP contribution in [-0.2, 0) is 4.79 Å². The number of methoxy groups -OCH3 is 1. The number of pyridine rings is 1. The molecule has 0 radical (unpaired) electrons. The van der Waals surface area contributed by atoms with Gasteiger partial charge in [0, 0.05) is 24.4 Å². The van der Waals surface area contributed by atoms with Gasteiger partial charge in [-0.2, -0.15) is 15.1 Å². The number of hydrogen-bond acceptors (Lipinski definition) is 8. The number of benzene rings is 2. The van der Waals surface area contributed by atoms with E-state index in [0.29, 0.717) is 47.1 Å². The summed E-state index contributed by atoms with van der Waals surface area (Å²) in [5.41, 5.74) is 1.72. The smallest absolute Gasteiger partial charge is 0.283 e. The van der Waals surface area contributed by atoms with Gasteiger partial charge in [0.2, 0.25) is 5.17 Å². The summed E-state index contributed by atoms with van der Waals surface area (Å²) in [5, 5.41) is 15.4. The molecule has 2 aromatic carbocycles. The first-order valence-electron chi connectivity index (χ1n) is 11.5. The predicted molar refractivity (Wildman–Crippen MR) is 143 cm³/mol. The molecular formula is C27H23N5O4S. The van der Waals surface area contributed by atoms with E-state index in [0.717, 1.165) is 11.1 Å². The number of nitrogens with one attached hydrogen (secondary N) is 1. The highest BCUT2D eigenvalue weighted by atomic mass is 32.2. The van der Waals surface area contributed by atoms with Gasteiger partial charge in [0.1, 0.15) is 10.8 Å². The first kappa shape index (κ1) is 24.3. The third kappa shape index (κ3) is 5.54. The van der Waals surface area contributed by atoms with Crippen LogP contribution >= 0.6 is 11.8 Å². The lowest BCUT2D eigenvalue weighted by molar-refractivity contribution is -0.114. The zero-order valence-corrected chi connectivity index (χ0v) is 20.8. The van der Waals surface area contributed by atoms with E-state index in [1.54, 1.807) is 25.6 Å². The van der Waals surface area contributed by atoms with Crippen molar-refractivity contribution in [3.8, 4) is 17.2 Å². The first-order chi connectivity index (χ1) is 18.1. The molecule has 0 unspecified atom stereocenters. The van der Waals surface area contributed by atoms with Crippen LogP contribution in [-0.4, -0.2) is 52.3 Å². The molecule has 2 aliphatic rings. The van der Waals surface area contributed by atoms with Crippen molar-refractivity contribution < 1.29 is 19.0 Å². The molecule has 0 saturated carbocycles. The Morgan fingerprint density at radius 3 is 2.54 bits per heavy atom. The molecular weight excluding hydrogens is 490 g/mol. The summed E-state index contributed by atoms with van der Waals surface area (Å²) in [5.74, 6) is 1.61. The van der Waals surface area contributed by atoms with E-state index in [1.807, 2.05) is 60.7 Å². The van der Waals surface area contributed by atoms with Gasteiger partial charge in [-0.3, -0.25) is 15.2 Å². The lowest BCUT2D eigenvalue weighted by Gasteiger charge is -2.20. The van der Waals surface area contributed by atoms with Crippen LogP contribution in [0.2, 0.25) is 0 Å². The molecule has 0 atom stereocenters. The average Bonchev–Trinajstić information content (AvgIpc) is 3.36. The zero-order valence-electron chi connectivity index (χ0n) is 20.0. The SMILES string of the molecule is COc1ccccc1OCCCOc1ccc(C=C2C(=N)N3N=C(c4cccnc4)SC3=NC2=O)cc1. The van der Waals surface area contributed by atoms with Crippen molar-refractivity contribution >= 4 is 39.8 Å². The summed E-state index contributed by atoms with van der Waals surface area (Å²) < 4.78 is 16.8. The molecule has 186 valence electrons. The van der Waals surface area contributed by atoms with E-state index in [4.69, 9.17) is 19.6 Å². The number of fused-ring (bicyclic) bond motifs is 1. The predicted octanol–water partition coefficient (Wildman–Crippen LogP) is 4.61. The number of thioether (sulfide) groups is 1. The Balaban J connectivity index is 1.17. The molecule has 0 aliphatic carbocycles. The molecule has 37 heavy (non-hydrogen) atoms. The second-order valence-corrected chi connectivity index (χ2v) is 8.89. The number of aromatic nitrogens is 1. The standard InChI is InChI=1S/C27H23N5O4S/c1-34-22-7-2-3-8-23(22)36-15-5-14-35-20-11-9-18(10-12-20)16-21-24(28)32-27(30-25(21)33)37-26(31-32)19-6-4-13-29-17-19/h2-4,6-13,16-17,28H,5,14-15H2,1H3. The number of rotatable bonds is 9. The number of carbonyl (C=O) groups is 1. The van der Waals surface area contributed by atoms with E-state index in [-0.39, 0.29) is 11.4 Å². The molecule has 2 aliphatic heterocycles. The number of hydrogen-bond donors (Lipinski definition) is 1. The lowest BCUT2D eigenvalue weighted by Crippen LogP contribution is -2.35. The summed E-state index contributed by atoms with van der Waals surface area (Å²) in [7, 11) is 1.61.